The molecule has 0 aromatic heterocycles. The lowest BCUT2D eigenvalue weighted by Crippen LogP contribution is -2.44. The molecule has 4 nitrogen and oxygen atoms in total. The fourth-order valence-corrected chi connectivity index (χ4v) is 2.04. The van der Waals surface area contributed by atoms with Crippen molar-refractivity contribution in [2.75, 3.05) is 0 Å². The van der Waals surface area contributed by atoms with Crippen LogP contribution in [-0.4, -0.2) is 17.9 Å². The minimum atomic E-state index is -0.610. The lowest BCUT2D eigenvalue weighted by atomic mass is 10.1. The first kappa shape index (κ1) is 12.9. The van der Waals surface area contributed by atoms with Gasteiger partial charge in [-0.1, -0.05) is 36.6 Å². The number of amides is 2. The summed E-state index contributed by atoms with van der Waals surface area (Å²) in [6, 6.07) is 6.11. The third-order valence-electron chi connectivity index (χ3n) is 3.03. The summed E-state index contributed by atoms with van der Waals surface area (Å²) in [7, 11) is 0. The molecule has 1 aromatic rings. The maximum atomic E-state index is 12.0. The minimum absolute atomic E-state index is 0.356. The molecule has 0 bridgehead atoms. The van der Waals surface area contributed by atoms with E-state index in [9.17, 15) is 9.59 Å². The molecule has 96 valence electrons. The molecule has 1 saturated carbocycles. The van der Waals surface area contributed by atoms with Gasteiger partial charge in [-0.25, -0.2) is 0 Å². The van der Waals surface area contributed by atoms with Crippen LogP contribution in [0.15, 0.2) is 24.3 Å². The summed E-state index contributed by atoms with van der Waals surface area (Å²) < 4.78 is 0. The number of halogens is 1. The molecule has 0 radical (unpaired) electrons. The van der Waals surface area contributed by atoms with Gasteiger partial charge in [-0.2, -0.15) is 0 Å². The van der Waals surface area contributed by atoms with Crippen LogP contribution in [0.25, 0.3) is 0 Å². The molecule has 0 spiro atoms. The molecule has 0 saturated heterocycles. The molecule has 3 N–H and O–H groups in total. The Morgan fingerprint density at radius 3 is 2.61 bits per heavy atom. The highest BCUT2D eigenvalue weighted by molar-refractivity contribution is 6.33. The smallest absolute Gasteiger partial charge is 0.253 e. The van der Waals surface area contributed by atoms with Gasteiger partial charge in [-0.15, -0.1) is 0 Å². The van der Waals surface area contributed by atoms with Gasteiger partial charge in [0.25, 0.3) is 5.91 Å². The Bertz CT molecular complexity index is 472. The molecule has 2 rings (SSSR count). The number of hydrogen-bond acceptors (Lipinski definition) is 2. The van der Waals surface area contributed by atoms with Gasteiger partial charge >= 0.3 is 0 Å². The highest BCUT2D eigenvalue weighted by Gasteiger charge is 2.29. The summed E-state index contributed by atoms with van der Waals surface area (Å²) >= 11 is 5.92. The average molecular weight is 267 g/mol. The molecule has 0 heterocycles. The molecule has 0 unspecified atom stereocenters. The largest absolute Gasteiger partial charge is 0.368 e. The van der Waals surface area contributed by atoms with E-state index in [4.69, 9.17) is 17.3 Å². The highest BCUT2D eigenvalue weighted by atomic mass is 35.5. The molecule has 1 aliphatic rings. The van der Waals surface area contributed by atoms with Gasteiger partial charge in [0, 0.05) is 0 Å². The van der Waals surface area contributed by atoms with E-state index in [-0.39, 0.29) is 5.91 Å². The van der Waals surface area contributed by atoms with Gasteiger partial charge in [-0.3, -0.25) is 9.59 Å². The van der Waals surface area contributed by atoms with E-state index >= 15 is 0 Å². The first-order valence-corrected chi connectivity index (χ1v) is 6.30. The second-order valence-electron chi connectivity index (χ2n) is 4.59. The standard InChI is InChI=1S/C13H15ClN2O2/c14-10-4-2-1-3-9(10)13(18)16-11(12(15)17)7-8-5-6-8/h1-4,8,11H,5-7H2,(H2,15,17)(H,16,18)/t11-/m0/s1. The number of nitrogens with one attached hydrogen (secondary N) is 1. The summed E-state index contributed by atoms with van der Waals surface area (Å²) in [6.07, 6.45) is 2.82. The van der Waals surface area contributed by atoms with Crippen molar-refractivity contribution in [2.24, 2.45) is 11.7 Å². The Balaban J connectivity index is 2.04. The second-order valence-corrected chi connectivity index (χ2v) is 4.99. The molecule has 1 fully saturated rings. The van der Waals surface area contributed by atoms with Crippen molar-refractivity contribution in [3.8, 4) is 0 Å². The number of benzene rings is 1. The summed E-state index contributed by atoms with van der Waals surface area (Å²) in [5.74, 6) is -0.346. The van der Waals surface area contributed by atoms with Crippen LogP contribution < -0.4 is 11.1 Å². The number of primary amides is 1. The van der Waals surface area contributed by atoms with Crippen molar-refractivity contribution in [1.29, 1.82) is 0 Å². The van der Waals surface area contributed by atoms with E-state index in [1.165, 1.54) is 0 Å². The summed E-state index contributed by atoms with van der Waals surface area (Å²) in [5.41, 5.74) is 5.65. The van der Waals surface area contributed by atoms with Crippen molar-refractivity contribution in [3.05, 3.63) is 34.9 Å². The highest BCUT2D eigenvalue weighted by Crippen LogP contribution is 2.33. The van der Waals surface area contributed by atoms with E-state index in [0.717, 1.165) is 12.8 Å². The fourth-order valence-electron chi connectivity index (χ4n) is 1.81. The van der Waals surface area contributed by atoms with E-state index in [1.807, 2.05) is 0 Å². The molecule has 5 heteroatoms. The van der Waals surface area contributed by atoms with Crippen LogP contribution >= 0.6 is 11.6 Å². The number of carbonyl (C=O) groups excluding carboxylic acids is 2. The van der Waals surface area contributed by atoms with E-state index in [0.29, 0.717) is 22.9 Å². The van der Waals surface area contributed by atoms with Gasteiger partial charge < -0.3 is 11.1 Å². The molecule has 1 aliphatic carbocycles. The van der Waals surface area contributed by atoms with E-state index in [2.05, 4.69) is 5.32 Å². The SMILES string of the molecule is NC(=O)[C@H](CC1CC1)NC(=O)c1ccccc1Cl. The average Bonchev–Trinajstić information content (AvgIpc) is 3.12. The normalized spacial score (nSPS) is 16.1. The van der Waals surface area contributed by atoms with Gasteiger partial charge in [0.1, 0.15) is 6.04 Å². The van der Waals surface area contributed by atoms with E-state index in [1.54, 1.807) is 24.3 Å². The topological polar surface area (TPSA) is 72.2 Å². The molecule has 1 aromatic carbocycles. The van der Waals surface area contributed by atoms with Crippen LogP contribution in [0.4, 0.5) is 0 Å². The quantitative estimate of drug-likeness (QED) is 0.852. The third-order valence-corrected chi connectivity index (χ3v) is 3.36. The Morgan fingerprint density at radius 2 is 2.06 bits per heavy atom. The fraction of sp³-hybridized carbons (Fsp3) is 0.385. The molecule has 0 aliphatic heterocycles. The van der Waals surface area contributed by atoms with Crippen LogP contribution in [0.2, 0.25) is 5.02 Å². The van der Waals surface area contributed by atoms with Crippen molar-refractivity contribution < 1.29 is 9.59 Å². The predicted octanol–water partition coefficient (Wildman–Crippen LogP) is 1.72. The third kappa shape index (κ3) is 3.23. The lowest BCUT2D eigenvalue weighted by molar-refractivity contribution is -0.120. The minimum Gasteiger partial charge on any atom is -0.368 e. The van der Waals surface area contributed by atoms with Crippen LogP contribution in [-0.2, 0) is 4.79 Å². The zero-order valence-electron chi connectivity index (χ0n) is 9.86. The van der Waals surface area contributed by atoms with Crippen molar-refractivity contribution in [3.63, 3.8) is 0 Å². The van der Waals surface area contributed by atoms with Gasteiger partial charge in [0.15, 0.2) is 0 Å². The zero-order valence-corrected chi connectivity index (χ0v) is 10.6. The summed E-state index contributed by atoms with van der Waals surface area (Å²) in [6.45, 7) is 0. The first-order valence-electron chi connectivity index (χ1n) is 5.92. The van der Waals surface area contributed by atoms with Gasteiger partial charge in [0.05, 0.1) is 10.6 Å². The summed E-state index contributed by atoms with van der Waals surface area (Å²) in [5, 5.41) is 3.01. The summed E-state index contributed by atoms with van der Waals surface area (Å²) in [4.78, 5) is 23.3. The number of hydrogen-bond donors (Lipinski definition) is 2. The van der Waals surface area contributed by atoms with Crippen LogP contribution in [0.5, 0.6) is 0 Å². The number of rotatable bonds is 5. The molecule has 18 heavy (non-hydrogen) atoms. The number of nitrogens with two attached hydrogens (primary N) is 1. The molecule has 2 amide bonds. The maximum absolute atomic E-state index is 12.0. The van der Waals surface area contributed by atoms with E-state index < -0.39 is 11.9 Å². The monoisotopic (exact) mass is 266 g/mol. The molecular weight excluding hydrogens is 252 g/mol. The predicted molar refractivity (Wildman–Crippen MR) is 69.2 cm³/mol. The number of carbonyl (C=O) groups is 2. The van der Waals surface area contributed by atoms with Crippen LogP contribution in [0.3, 0.4) is 0 Å². The Hall–Kier alpha value is -1.55. The zero-order chi connectivity index (χ0) is 13.1. The van der Waals surface area contributed by atoms with Crippen LogP contribution in [0, 0.1) is 5.92 Å². The maximum Gasteiger partial charge on any atom is 0.253 e. The Kier molecular flexibility index (Phi) is 3.87. The Morgan fingerprint density at radius 1 is 1.39 bits per heavy atom. The Labute approximate surface area is 110 Å². The second kappa shape index (κ2) is 5.40. The first-order chi connectivity index (χ1) is 8.58. The molecule has 1 atom stereocenters. The van der Waals surface area contributed by atoms with Gasteiger partial charge in [0.2, 0.25) is 5.91 Å². The molecular formula is C13H15ClN2O2. The van der Waals surface area contributed by atoms with Crippen molar-refractivity contribution in [1.82, 2.24) is 5.32 Å². The van der Waals surface area contributed by atoms with Crippen LogP contribution in [0.1, 0.15) is 29.6 Å². The lowest BCUT2D eigenvalue weighted by Gasteiger charge is -2.15. The van der Waals surface area contributed by atoms with Gasteiger partial charge in [-0.05, 0) is 24.5 Å². The van der Waals surface area contributed by atoms with Crippen molar-refractivity contribution in [2.45, 2.75) is 25.3 Å². The van der Waals surface area contributed by atoms with Crippen molar-refractivity contribution >= 4 is 23.4 Å².